The van der Waals surface area contributed by atoms with Crippen LogP contribution in [0.2, 0.25) is 0 Å². The molecule has 6 heteroatoms. The zero-order valence-corrected chi connectivity index (χ0v) is 12.2. The number of esters is 1. The van der Waals surface area contributed by atoms with E-state index in [4.69, 9.17) is 4.74 Å². The lowest BCUT2D eigenvalue weighted by Crippen LogP contribution is -2.38. The molecule has 6 nitrogen and oxygen atoms in total. The zero-order chi connectivity index (χ0) is 15.4. The predicted molar refractivity (Wildman–Crippen MR) is 80.3 cm³/mol. The van der Waals surface area contributed by atoms with Gasteiger partial charge in [0.15, 0.2) is 12.3 Å². The number of likely N-dealkylation sites (tertiary alicyclic amines) is 1. The Balaban J connectivity index is 1.61. The van der Waals surface area contributed by atoms with Gasteiger partial charge in [-0.1, -0.05) is 12.1 Å². The fourth-order valence-corrected chi connectivity index (χ4v) is 2.49. The van der Waals surface area contributed by atoms with Crippen LogP contribution in [0.15, 0.2) is 30.5 Å². The first-order valence-corrected chi connectivity index (χ1v) is 7.41. The average molecular weight is 299 g/mol. The number of nitrogens with zero attached hydrogens (tertiary/aromatic N) is 3. The number of hydrogen-bond acceptors (Lipinski definition) is 5. The van der Waals surface area contributed by atoms with E-state index < -0.39 is 5.97 Å². The van der Waals surface area contributed by atoms with Crippen molar-refractivity contribution in [3.8, 4) is 0 Å². The summed E-state index contributed by atoms with van der Waals surface area (Å²) >= 11 is 0. The van der Waals surface area contributed by atoms with E-state index in [1.165, 1.54) is 6.20 Å². The summed E-state index contributed by atoms with van der Waals surface area (Å²) in [6.07, 6.45) is 4.54. The Bertz CT molecular complexity index is 696. The molecule has 0 saturated carbocycles. The normalized spacial score (nSPS) is 14.8. The Morgan fingerprint density at radius 3 is 2.59 bits per heavy atom. The van der Waals surface area contributed by atoms with Crippen LogP contribution >= 0.6 is 0 Å². The van der Waals surface area contributed by atoms with Crippen molar-refractivity contribution in [2.45, 2.75) is 19.3 Å². The monoisotopic (exact) mass is 299 g/mol. The molecule has 0 unspecified atom stereocenters. The van der Waals surface area contributed by atoms with E-state index in [2.05, 4.69) is 9.97 Å². The van der Waals surface area contributed by atoms with Crippen molar-refractivity contribution in [3.63, 3.8) is 0 Å². The summed E-state index contributed by atoms with van der Waals surface area (Å²) in [6.45, 7) is 1.24. The van der Waals surface area contributed by atoms with Gasteiger partial charge in [-0.2, -0.15) is 0 Å². The molecule has 1 aromatic heterocycles. The molecule has 0 N–H and O–H groups in total. The summed E-state index contributed by atoms with van der Waals surface area (Å²) in [5.74, 6) is -0.773. The van der Waals surface area contributed by atoms with Gasteiger partial charge in [0.05, 0.1) is 17.2 Å². The Morgan fingerprint density at radius 2 is 1.82 bits per heavy atom. The highest BCUT2D eigenvalue weighted by Crippen LogP contribution is 2.11. The number of carbonyl (C=O) groups is 2. The van der Waals surface area contributed by atoms with Crippen LogP contribution in [0.3, 0.4) is 0 Å². The molecule has 3 rings (SSSR count). The molecule has 0 aliphatic carbocycles. The molecule has 1 aliphatic heterocycles. The van der Waals surface area contributed by atoms with Gasteiger partial charge in [-0.05, 0) is 31.4 Å². The van der Waals surface area contributed by atoms with Crippen LogP contribution in [0.25, 0.3) is 11.0 Å². The largest absolute Gasteiger partial charge is 0.451 e. The van der Waals surface area contributed by atoms with Gasteiger partial charge < -0.3 is 9.64 Å². The van der Waals surface area contributed by atoms with Crippen molar-refractivity contribution in [3.05, 3.63) is 36.2 Å². The second-order valence-corrected chi connectivity index (χ2v) is 5.26. The lowest BCUT2D eigenvalue weighted by atomic mass is 10.1. The van der Waals surface area contributed by atoms with Gasteiger partial charge in [-0.15, -0.1) is 0 Å². The lowest BCUT2D eigenvalue weighted by Gasteiger charge is -2.26. The van der Waals surface area contributed by atoms with E-state index in [1.54, 1.807) is 11.0 Å². The Morgan fingerprint density at radius 1 is 1.09 bits per heavy atom. The molecule has 22 heavy (non-hydrogen) atoms. The van der Waals surface area contributed by atoms with Crippen molar-refractivity contribution in [1.82, 2.24) is 14.9 Å². The number of ether oxygens (including phenoxy) is 1. The second kappa shape index (κ2) is 6.51. The first-order valence-electron chi connectivity index (χ1n) is 7.41. The Hall–Kier alpha value is -2.50. The van der Waals surface area contributed by atoms with Crippen LogP contribution in [0.1, 0.15) is 29.8 Å². The molecule has 1 aromatic carbocycles. The number of benzene rings is 1. The minimum Gasteiger partial charge on any atom is -0.451 e. The standard InChI is InChI=1S/C16H17N3O3/c20-15(19-8-4-1-5-9-19)11-22-16(21)14-10-17-12-6-2-3-7-13(12)18-14/h2-3,6-7,10H,1,4-5,8-9,11H2. The molecular weight excluding hydrogens is 282 g/mol. The number of para-hydroxylation sites is 2. The molecule has 0 atom stereocenters. The van der Waals surface area contributed by atoms with Crippen LogP contribution < -0.4 is 0 Å². The van der Waals surface area contributed by atoms with Gasteiger partial charge in [0, 0.05) is 13.1 Å². The van der Waals surface area contributed by atoms with Gasteiger partial charge in [0.2, 0.25) is 0 Å². The van der Waals surface area contributed by atoms with Gasteiger partial charge in [-0.25, -0.2) is 9.78 Å². The van der Waals surface area contributed by atoms with Crippen molar-refractivity contribution < 1.29 is 14.3 Å². The lowest BCUT2D eigenvalue weighted by molar-refractivity contribution is -0.135. The fraction of sp³-hybridized carbons (Fsp3) is 0.375. The van der Waals surface area contributed by atoms with E-state index in [9.17, 15) is 9.59 Å². The van der Waals surface area contributed by atoms with E-state index in [0.29, 0.717) is 11.0 Å². The molecule has 1 aliphatic rings. The van der Waals surface area contributed by atoms with Crippen LogP contribution in [-0.4, -0.2) is 46.4 Å². The van der Waals surface area contributed by atoms with Crippen molar-refractivity contribution in [2.75, 3.05) is 19.7 Å². The zero-order valence-electron chi connectivity index (χ0n) is 12.2. The third-order valence-electron chi connectivity index (χ3n) is 3.69. The second-order valence-electron chi connectivity index (χ2n) is 5.26. The molecular formula is C16H17N3O3. The summed E-state index contributed by atoms with van der Waals surface area (Å²) in [5, 5.41) is 0. The summed E-state index contributed by atoms with van der Waals surface area (Å²) in [6, 6.07) is 7.27. The van der Waals surface area contributed by atoms with E-state index in [0.717, 1.165) is 32.4 Å². The smallest absolute Gasteiger partial charge is 0.359 e. The quantitative estimate of drug-likeness (QED) is 0.808. The molecule has 1 saturated heterocycles. The third kappa shape index (κ3) is 3.21. The number of fused-ring (bicyclic) bond motifs is 1. The van der Waals surface area contributed by atoms with Crippen LogP contribution in [0.5, 0.6) is 0 Å². The molecule has 2 heterocycles. The predicted octanol–water partition coefficient (Wildman–Crippen LogP) is 1.80. The van der Waals surface area contributed by atoms with Gasteiger partial charge in [-0.3, -0.25) is 9.78 Å². The molecule has 114 valence electrons. The van der Waals surface area contributed by atoms with Crippen LogP contribution in [0, 0.1) is 0 Å². The minimum atomic E-state index is -0.622. The molecule has 0 bridgehead atoms. The minimum absolute atomic E-state index is 0.116. The molecule has 2 aromatic rings. The molecule has 1 amide bonds. The Labute approximate surface area is 128 Å². The van der Waals surface area contributed by atoms with Crippen molar-refractivity contribution in [2.24, 2.45) is 0 Å². The maximum absolute atomic E-state index is 12.0. The number of rotatable bonds is 3. The van der Waals surface area contributed by atoms with E-state index in [1.807, 2.05) is 18.2 Å². The summed E-state index contributed by atoms with van der Waals surface area (Å²) in [7, 11) is 0. The number of hydrogen-bond donors (Lipinski definition) is 0. The number of piperidine rings is 1. The highest BCUT2D eigenvalue weighted by Gasteiger charge is 2.19. The van der Waals surface area contributed by atoms with E-state index in [-0.39, 0.29) is 18.2 Å². The van der Waals surface area contributed by atoms with Crippen LogP contribution in [-0.2, 0) is 9.53 Å². The maximum Gasteiger partial charge on any atom is 0.359 e. The SMILES string of the molecule is O=C(OCC(=O)N1CCCCC1)c1cnc2ccccc2n1. The third-order valence-corrected chi connectivity index (χ3v) is 3.69. The Kier molecular flexibility index (Phi) is 4.27. The molecule has 0 spiro atoms. The number of aromatic nitrogens is 2. The first-order chi connectivity index (χ1) is 10.7. The molecule has 1 fully saturated rings. The van der Waals surface area contributed by atoms with Gasteiger partial charge >= 0.3 is 5.97 Å². The van der Waals surface area contributed by atoms with Crippen LogP contribution in [0.4, 0.5) is 0 Å². The first kappa shape index (κ1) is 14.4. The highest BCUT2D eigenvalue weighted by molar-refractivity contribution is 5.91. The van der Waals surface area contributed by atoms with Crippen molar-refractivity contribution >= 4 is 22.9 Å². The summed E-state index contributed by atoms with van der Waals surface area (Å²) < 4.78 is 5.06. The summed E-state index contributed by atoms with van der Waals surface area (Å²) in [4.78, 5) is 34.0. The van der Waals surface area contributed by atoms with Gasteiger partial charge in [0.25, 0.3) is 5.91 Å². The summed E-state index contributed by atoms with van der Waals surface area (Å²) in [5.41, 5.74) is 1.45. The fourth-order valence-electron chi connectivity index (χ4n) is 2.49. The molecule has 0 radical (unpaired) electrons. The van der Waals surface area contributed by atoms with E-state index >= 15 is 0 Å². The highest BCUT2D eigenvalue weighted by atomic mass is 16.5. The van der Waals surface area contributed by atoms with Crippen molar-refractivity contribution in [1.29, 1.82) is 0 Å². The number of carbonyl (C=O) groups excluding carboxylic acids is 2. The average Bonchev–Trinajstić information content (AvgIpc) is 2.59. The topological polar surface area (TPSA) is 72.4 Å². The van der Waals surface area contributed by atoms with Gasteiger partial charge in [0.1, 0.15) is 0 Å². The number of amides is 1. The maximum atomic E-state index is 12.0.